The lowest BCUT2D eigenvalue weighted by molar-refractivity contribution is 0.227. The van der Waals surface area contributed by atoms with Gasteiger partial charge in [-0.05, 0) is 43.9 Å². The van der Waals surface area contributed by atoms with Crippen LogP contribution in [0.3, 0.4) is 0 Å². The number of hydrogen-bond donors (Lipinski definition) is 2. The molecule has 2 aliphatic carbocycles. The molecule has 3 N–H and O–H groups in total. The SMILES string of the molecule is CCc1c(N)n[nH]c1C1CC(C2CC2)C1. The highest BCUT2D eigenvalue weighted by Crippen LogP contribution is 2.53. The van der Waals surface area contributed by atoms with Crippen molar-refractivity contribution in [2.24, 2.45) is 11.8 Å². The van der Waals surface area contributed by atoms with E-state index < -0.39 is 0 Å². The van der Waals surface area contributed by atoms with Crippen LogP contribution in [0.15, 0.2) is 0 Å². The average Bonchev–Trinajstić information content (AvgIpc) is 2.90. The van der Waals surface area contributed by atoms with Crippen LogP contribution in [0.5, 0.6) is 0 Å². The fourth-order valence-corrected chi connectivity index (χ4v) is 2.95. The summed E-state index contributed by atoms with van der Waals surface area (Å²) in [5.74, 6) is 3.49. The highest BCUT2D eigenvalue weighted by molar-refractivity contribution is 5.43. The minimum Gasteiger partial charge on any atom is -0.382 e. The summed E-state index contributed by atoms with van der Waals surface area (Å²) in [5, 5.41) is 7.26. The van der Waals surface area contributed by atoms with Crippen LogP contribution in [-0.4, -0.2) is 10.2 Å². The van der Waals surface area contributed by atoms with Crippen LogP contribution >= 0.6 is 0 Å². The summed E-state index contributed by atoms with van der Waals surface area (Å²) in [7, 11) is 0. The third kappa shape index (κ3) is 1.45. The largest absolute Gasteiger partial charge is 0.382 e. The monoisotopic (exact) mass is 205 g/mol. The van der Waals surface area contributed by atoms with Crippen molar-refractivity contribution in [3.63, 3.8) is 0 Å². The maximum atomic E-state index is 5.83. The number of anilines is 1. The molecule has 0 bridgehead atoms. The van der Waals surface area contributed by atoms with Gasteiger partial charge in [-0.25, -0.2) is 0 Å². The molecular formula is C12H19N3. The summed E-state index contributed by atoms with van der Waals surface area (Å²) in [4.78, 5) is 0. The number of hydrogen-bond acceptors (Lipinski definition) is 2. The molecule has 2 saturated carbocycles. The van der Waals surface area contributed by atoms with Crippen LogP contribution in [0.1, 0.15) is 49.8 Å². The minimum absolute atomic E-state index is 0.711. The molecule has 3 rings (SSSR count). The number of aromatic amines is 1. The molecule has 0 aliphatic heterocycles. The van der Waals surface area contributed by atoms with Crippen LogP contribution in [0.2, 0.25) is 0 Å². The van der Waals surface area contributed by atoms with Crippen LogP contribution in [0, 0.1) is 11.8 Å². The molecule has 2 aliphatic rings. The molecule has 0 saturated heterocycles. The normalized spacial score (nSPS) is 30.2. The van der Waals surface area contributed by atoms with Crippen molar-refractivity contribution in [2.75, 3.05) is 5.73 Å². The van der Waals surface area contributed by atoms with Gasteiger partial charge in [0.25, 0.3) is 0 Å². The molecule has 3 heteroatoms. The van der Waals surface area contributed by atoms with Gasteiger partial charge in [0.05, 0.1) is 0 Å². The molecule has 82 valence electrons. The van der Waals surface area contributed by atoms with E-state index in [1.54, 1.807) is 0 Å². The zero-order valence-electron chi connectivity index (χ0n) is 9.29. The van der Waals surface area contributed by atoms with Crippen LogP contribution < -0.4 is 5.73 Å². The van der Waals surface area contributed by atoms with Gasteiger partial charge >= 0.3 is 0 Å². The lowest BCUT2D eigenvalue weighted by atomic mass is 9.70. The van der Waals surface area contributed by atoms with E-state index in [1.165, 1.54) is 36.9 Å². The Hall–Kier alpha value is -0.990. The summed E-state index contributed by atoms with van der Waals surface area (Å²) >= 11 is 0. The third-order valence-corrected chi connectivity index (χ3v) is 4.16. The first-order chi connectivity index (χ1) is 7.29. The predicted octanol–water partition coefficient (Wildman–Crippen LogP) is 2.46. The Bertz CT molecular complexity index is 359. The number of nitrogen functional groups attached to an aromatic ring is 1. The van der Waals surface area contributed by atoms with E-state index in [0.717, 1.165) is 24.2 Å². The second-order valence-corrected chi connectivity index (χ2v) is 5.12. The van der Waals surface area contributed by atoms with Crippen molar-refractivity contribution >= 4 is 5.82 Å². The standard InChI is InChI=1S/C12H19N3/c1-2-10-11(14-15-12(10)13)9-5-8(6-9)7-3-4-7/h7-9H,2-6H2,1H3,(H3,13,14,15). The van der Waals surface area contributed by atoms with Gasteiger partial charge < -0.3 is 5.73 Å². The number of nitrogens with two attached hydrogens (primary N) is 1. The molecule has 0 amide bonds. The summed E-state index contributed by atoms with van der Waals surface area (Å²) in [5.41, 5.74) is 8.42. The minimum atomic E-state index is 0.711. The summed E-state index contributed by atoms with van der Waals surface area (Å²) in [6.45, 7) is 2.15. The van der Waals surface area contributed by atoms with E-state index in [-0.39, 0.29) is 0 Å². The van der Waals surface area contributed by atoms with Crippen molar-refractivity contribution in [1.82, 2.24) is 10.2 Å². The second kappa shape index (κ2) is 3.26. The summed E-state index contributed by atoms with van der Waals surface area (Å²) in [6, 6.07) is 0. The fourth-order valence-electron chi connectivity index (χ4n) is 2.95. The molecule has 0 radical (unpaired) electrons. The van der Waals surface area contributed by atoms with Crippen LogP contribution in [-0.2, 0) is 6.42 Å². The number of aromatic nitrogens is 2. The molecule has 2 fully saturated rings. The number of rotatable bonds is 3. The van der Waals surface area contributed by atoms with Crippen molar-refractivity contribution in [1.29, 1.82) is 0 Å². The Kier molecular flexibility index (Phi) is 2.01. The molecule has 0 atom stereocenters. The molecule has 1 aromatic rings. The van der Waals surface area contributed by atoms with Gasteiger partial charge in [0.15, 0.2) is 0 Å². The molecule has 0 spiro atoms. The van der Waals surface area contributed by atoms with Gasteiger partial charge in [0.1, 0.15) is 5.82 Å². The first-order valence-corrected chi connectivity index (χ1v) is 6.12. The van der Waals surface area contributed by atoms with Crippen molar-refractivity contribution in [2.45, 2.75) is 44.9 Å². The Labute approximate surface area is 90.4 Å². The number of H-pyrrole nitrogens is 1. The van der Waals surface area contributed by atoms with Gasteiger partial charge in [0.2, 0.25) is 0 Å². The second-order valence-electron chi connectivity index (χ2n) is 5.12. The van der Waals surface area contributed by atoms with E-state index in [4.69, 9.17) is 5.73 Å². The lowest BCUT2D eigenvalue weighted by Crippen LogP contribution is -2.24. The summed E-state index contributed by atoms with van der Waals surface area (Å²) in [6.07, 6.45) is 6.67. The Balaban J connectivity index is 1.71. The summed E-state index contributed by atoms with van der Waals surface area (Å²) < 4.78 is 0. The van der Waals surface area contributed by atoms with Crippen LogP contribution in [0.4, 0.5) is 5.82 Å². The average molecular weight is 205 g/mol. The zero-order chi connectivity index (χ0) is 10.4. The van der Waals surface area contributed by atoms with E-state index in [0.29, 0.717) is 5.82 Å². The van der Waals surface area contributed by atoms with E-state index in [2.05, 4.69) is 17.1 Å². The maximum absolute atomic E-state index is 5.83. The maximum Gasteiger partial charge on any atom is 0.148 e. The lowest BCUT2D eigenvalue weighted by Gasteiger charge is -2.35. The third-order valence-electron chi connectivity index (χ3n) is 4.16. The highest BCUT2D eigenvalue weighted by atomic mass is 15.2. The predicted molar refractivity (Wildman–Crippen MR) is 60.6 cm³/mol. The van der Waals surface area contributed by atoms with E-state index in [1.807, 2.05) is 0 Å². The topological polar surface area (TPSA) is 54.7 Å². The Morgan fingerprint density at radius 1 is 1.33 bits per heavy atom. The molecule has 0 aromatic carbocycles. The highest BCUT2D eigenvalue weighted by Gasteiger charge is 2.41. The van der Waals surface area contributed by atoms with E-state index in [9.17, 15) is 0 Å². The number of nitrogens with one attached hydrogen (secondary N) is 1. The first kappa shape index (κ1) is 9.25. The van der Waals surface area contributed by atoms with Crippen molar-refractivity contribution < 1.29 is 0 Å². The Morgan fingerprint density at radius 3 is 2.67 bits per heavy atom. The van der Waals surface area contributed by atoms with Gasteiger partial charge in [-0.3, -0.25) is 5.10 Å². The smallest absolute Gasteiger partial charge is 0.148 e. The molecule has 0 unspecified atom stereocenters. The first-order valence-electron chi connectivity index (χ1n) is 6.12. The Morgan fingerprint density at radius 2 is 2.07 bits per heavy atom. The van der Waals surface area contributed by atoms with Gasteiger partial charge in [-0.2, -0.15) is 5.10 Å². The molecule has 3 nitrogen and oxygen atoms in total. The quantitative estimate of drug-likeness (QED) is 0.796. The zero-order valence-corrected chi connectivity index (χ0v) is 9.29. The number of nitrogens with zero attached hydrogens (tertiary/aromatic N) is 1. The van der Waals surface area contributed by atoms with Crippen molar-refractivity contribution in [3.05, 3.63) is 11.3 Å². The molecule has 1 heterocycles. The van der Waals surface area contributed by atoms with Gasteiger partial charge in [-0.15, -0.1) is 0 Å². The fraction of sp³-hybridized carbons (Fsp3) is 0.750. The van der Waals surface area contributed by atoms with Crippen LogP contribution in [0.25, 0.3) is 0 Å². The molecule has 1 aromatic heterocycles. The van der Waals surface area contributed by atoms with Crippen molar-refractivity contribution in [3.8, 4) is 0 Å². The van der Waals surface area contributed by atoms with E-state index >= 15 is 0 Å². The molecule has 15 heavy (non-hydrogen) atoms. The van der Waals surface area contributed by atoms with Gasteiger partial charge in [0, 0.05) is 17.2 Å². The van der Waals surface area contributed by atoms with Gasteiger partial charge in [-0.1, -0.05) is 6.92 Å². The molecular weight excluding hydrogens is 186 g/mol.